The summed E-state index contributed by atoms with van der Waals surface area (Å²) in [5, 5.41) is 1.18. The summed E-state index contributed by atoms with van der Waals surface area (Å²) in [6, 6.07) is 51.0. The predicted molar refractivity (Wildman–Crippen MR) is 158 cm³/mol. The lowest BCUT2D eigenvalue weighted by Gasteiger charge is -2.10. The molecule has 0 aliphatic rings. The Morgan fingerprint density at radius 1 is 0.289 bits per heavy atom. The van der Waals surface area contributed by atoms with Crippen molar-refractivity contribution < 1.29 is 0 Å². The lowest BCUT2D eigenvalue weighted by Crippen LogP contribution is -1.95. The number of fused-ring (bicyclic) bond motifs is 2. The average molecular weight is 488 g/mol. The number of nitrogens with zero attached hydrogens (tertiary/aromatic N) is 3. The molecule has 38 heavy (non-hydrogen) atoms. The Morgan fingerprint density at radius 2 is 0.711 bits per heavy atom. The van der Waals surface area contributed by atoms with Crippen molar-refractivity contribution >= 4 is 21.9 Å². The number of aromatic nitrogens is 3. The lowest BCUT2D eigenvalue weighted by molar-refractivity contribution is 1.29. The van der Waals surface area contributed by atoms with Crippen molar-refractivity contribution in [2.75, 3.05) is 0 Å². The summed E-state index contributed by atoms with van der Waals surface area (Å²) in [4.78, 5) is 14.4. The topological polar surface area (TPSA) is 38.7 Å². The standard InChI is InChI=1S/C20H14N2.C15H11N/c1-3-9-15(10-4-1)19-20(16-11-5-2-6-12-16)22-18-14-8-7-13-17(18)21-19;1-2-6-12(7-3-1)15-11-10-13-8-4-5-9-14(13)16-15/h1-14H;1-11H. The summed E-state index contributed by atoms with van der Waals surface area (Å²) >= 11 is 0. The smallest absolute Gasteiger partial charge is 0.0973 e. The van der Waals surface area contributed by atoms with Crippen molar-refractivity contribution in [3.05, 3.63) is 152 Å². The summed E-state index contributed by atoms with van der Waals surface area (Å²) in [6.07, 6.45) is 0. The molecule has 0 N–H and O–H groups in total. The molecule has 180 valence electrons. The molecule has 2 aromatic heterocycles. The van der Waals surface area contributed by atoms with E-state index in [1.165, 1.54) is 5.39 Å². The van der Waals surface area contributed by atoms with Gasteiger partial charge in [0.25, 0.3) is 0 Å². The Balaban J connectivity index is 0.000000146. The second kappa shape index (κ2) is 10.9. The first kappa shape index (κ1) is 23.3. The zero-order chi connectivity index (χ0) is 25.6. The maximum atomic E-state index is 4.86. The van der Waals surface area contributed by atoms with E-state index >= 15 is 0 Å². The van der Waals surface area contributed by atoms with Crippen LogP contribution in [0.4, 0.5) is 0 Å². The molecule has 0 radical (unpaired) electrons. The van der Waals surface area contributed by atoms with Crippen LogP contribution in [0.5, 0.6) is 0 Å². The van der Waals surface area contributed by atoms with Crippen molar-refractivity contribution in [3.63, 3.8) is 0 Å². The van der Waals surface area contributed by atoms with Crippen molar-refractivity contribution in [3.8, 4) is 33.8 Å². The van der Waals surface area contributed by atoms with Crippen LogP contribution in [-0.4, -0.2) is 15.0 Å². The average Bonchev–Trinajstić information content (AvgIpc) is 3.02. The normalized spacial score (nSPS) is 10.6. The molecule has 0 atom stereocenters. The van der Waals surface area contributed by atoms with Crippen molar-refractivity contribution in [2.24, 2.45) is 0 Å². The Kier molecular flexibility index (Phi) is 6.64. The fourth-order valence-electron chi connectivity index (χ4n) is 4.43. The van der Waals surface area contributed by atoms with E-state index in [-0.39, 0.29) is 0 Å². The van der Waals surface area contributed by atoms with Crippen LogP contribution in [0.3, 0.4) is 0 Å². The molecule has 0 saturated carbocycles. The van der Waals surface area contributed by atoms with Crippen LogP contribution < -0.4 is 0 Å². The first-order valence-corrected chi connectivity index (χ1v) is 12.6. The Bertz CT molecular complexity index is 1720. The number of para-hydroxylation sites is 3. The summed E-state index contributed by atoms with van der Waals surface area (Å²) in [6.45, 7) is 0. The number of hydrogen-bond acceptors (Lipinski definition) is 3. The van der Waals surface area contributed by atoms with Crippen LogP contribution in [0.1, 0.15) is 0 Å². The molecule has 3 heteroatoms. The molecule has 0 fully saturated rings. The van der Waals surface area contributed by atoms with E-state index in [1.807, 2.05) is 97.1 Å². The first-order valence-electron chi connectivity index (χ1n) is 12.6. The summed E-state index contributed by atoms with van der Waals surface area (Å²) in [7, 11) is 0. The van der Waals surface area contributed by atoms with Gasteiger partial charge in [0, 0.05) is 22.1 Å². The van der Waals surface area contributed by atoms with E-state index in [4.69, 9.17) is 9.97 Å². The molecular formula is C35H25N3. The molecule has 3 nitrogen and oxygen atoms in total. The van der Waals surface area contributed by atoms with Crippen LogP contribution >= 0.6 is 0 Å². The van der Waals surface area contributed by atoms with Crippen molar-refractivity contribution in [1.29, 1.82) is 0 Å². The lowest BCUT2D eigenvalue weighted by atomic mass is 10.0. The molecule has 0 aliphatic carbocycles. The van der Waals surface area contributed by atoms with Gasteiger partial charge in [0.15, 0.2) is 0 Å². The number of benzene rings is 5. The highest BCUT2D eigenvalue weighted by Gasteiger charge is 2.12. The van der Waals surface area contributed by atoms with Gasteiger partial charge < -0.3 is 0 Å². The monoisotopic (exact) mass is 487 g/mol. The third kappa shape index (κ3) is 5.04. The fraction of sp³-hybridized carbons (Fsp3) is 0. The van der Waals surface area contributed by atoms with Crippen LogP contribution in [0, 0.1) is 0 Å². The molecular weight excluding hydrogens is 462 g/mol. The van der Waals surface area contributed by atoms with Gasteiger partial charge in [-0.05, 0) is 24.3 Å². The van der Waals surface area contributed by atoms with Gasteiger partial charge in [-0.15, -0.1) is 0 Å². The van der Waals surface area contributed by atoms with Crippen LogP contribution in [-0.2, 0) is 0 Å². The fourth-order valence-corrected chi connectivity index (χ4v) is 4.43. The van der Waals surface area contributed by atoms with Gasteiger partial charge in [0.2, 0.25) is 0 Å². The molecule has 0 spiro atoms. The van der Waals surface area contributed by atoms with Crippen LogP contribution in [0.2, 0.25) is 0 Å². The van der Waals surface area contributed by atoms with E-state index in [1.54, 1.807) is 0 Å². The Labute approximate surface area is 222 Å². The van der Waals surface area contributed by atoms with Crippen LogP contribution in [0.15, 0.2) is 152 Å². The van der Waals surface area contributed by atoms with Gasteiger partial charge in [0.05, 0.1) is 33.6 Å². The SMILES string of the molecule is c1ccc(-c2ccc3ccccc3n2)cc1.c1ccc(-c2nc3ccccc3nc2-c2ccccc2)cc1. The minimum Gasteiger partial charge on any atom is -0.248 e. The second-order valence-electron chi connectivity index (χ2n) is 8.90. The van der Waals surface area contributed by atoms with Gasteiger partial charge in [-0.2, -0.15) is 0 Å². The van der Waals surface area contributed by atoms with Crippen LogP contribution in [0.25, 0.3) is 55.7 Å². The molecule has 7 aromatic rings. The van der Waals surface area contributed by atoms with Gasteiger partial charge in [-0.1, -0.05) is 127 Å². The maximum absolute atomic E-state index is 4.86. The first-order chi connectivity index (χ1) is 18.8. The number of pyridine rings is 1. The van der Waals surface area contributed by atoms with E-state index in [0.717, 1.165) is 50.3 Å². The van der Waals surface area contributed by atoms with Crippen molar-refractivity contribution in [1.82, 2.24) is 15.0 Å². The Hall–Kier alpha value is -5.15. The highest BCUT2D eigenvalue weighted by atomic mass is 14.8. The molecule has 2 heterocycles. The predicted octanol–water partition coefficient (Wildman–Crippen LogP) is 8.87. The maximum Gasteiger partial charge on any atom is 0.0973 e. The molecule has 0 saturated heterocycles. The minimum absolute atomic E-state index is 0.918. The highest BCUT2D eigenvalue weighted by molar-refractivity contribution is 5.86. The summed E-state index contributed by atoms with van der Waals surface area (Å²) in [5.41, 5.74) is 9.08. The van der Waals surface area contributed by atoms with Gasteiger partial charge in [-0.25, -0.2) is 15.0 Å². The second-order valence-corrected chi connectivity index (χ2v) is 8.90. The number of hydrogen-bond donors (Lipinski definition) is 0. The van der Waals surface area contributed by atoms with E-state index in [9.17, 15) is 0 Å². The van der Waals surface area contributed by atoms with E-state index < -0.39 is 0 Å². The molecule has 0 unspecified atom stereocenters. The summed E-state index contributed by atoms with van der Waals surface area (Å²) in [5.74, 6) is 0. The molecule has 0 amide bonds. The minimum atomic E-state index is 0.918. The Morgan fingerprint density at radius 3 is 1.24 bits per heavy atom. The zero-order valence-corrected chi connectivity index (χ0v) is 20.8. The molecule has 0 aliphatic heterocycles. The zero-order valence-electron chi connectivity index (χ0n) is 20.8. The highest BCUT2D eigenvalue weighted by Crippen LogP contribution is 2.30. The van der Waals surface area contributed by atoms with E-state index in [0.29, 0.717) is 0 Å². The van der Waals surface area contributed by atoms with Gasteiger partial charge in [-0.3, -0.25) is 0 Å². The number of rotatable bonds is 3. The molecule has 7 rings (SSSR count). The molecule has 5 aromatic carbocycles. The molecule has 0 bridgehead atoms. The third-order valence-electron chi connectivity index (χ3n) is 6.33. The quantitative estimate of drug-likeness (QED) is 0.250. The third-order valence-corrected chi connectivity index (χ3v) is 6.33. The van der Waals surface area contributed by atoms with Gasteiger partial charge >= 0.3 is 0 Å². The van der Waals surface area contributed by atoms with Crippen molar-refractivity contribution in [2.45, 2.75) is 0 Å². The van der Waals surface area contributed by atoms with E-state index in [2.05, 4.69) is 59.6 Å². The largest absolute Gasteiger partial charge is 0.248 e. The van der Waals surface area contributed by atoms with Gasteiger partial charge in [0.1, 0.15) is 0 Å². The summed E-state index contributed by atoms with van der Waals surface area (Å²) < 4.78 is 0.